The van der Waals surface area contributed by atoms with E-state index in [1.807, 2.05) is 13.8 Å². The van der Waals surface area contributed by atoms with E-state index in [-0.39, 0.29) is 0 Å². The molecule has 1 saturated heterocycles. The number of hydrogen-bond acceptors (Lipinski definition) is 4. The number of esters is 2. The number of carbonyl (C=O) groups excluding carboxylic acids is 2. The zero-order valence-corrected chi connectivity index (χ0v) is 10.8. The normalized spacial score (nSPS) is 26.8. The van der Waals surface area contributed by atoms with Crippen LogP contribution in [0.4, 0.5) is 0 Å². The topological polar surface area (TPSA) is 52.6 Å². The maximum absolute atomic E-state index is 12.1. The van der Waals surface area contributed by atoms with Crippen molar-refractivity contribution in [3.63, 3.8) is 0 Å². The van der Waals surface area contributed by atoms with Gasteiger partial charge in [0.05, 0.1) is 0 Å². The van der Waals surface area contributed by atoms with Crippen molar-refractivity contribution in [2.24, 2.45) is 5.41 Å². The molecule has 0 aromatic heterocycles. The second-order valence-corrected chi connectivity index (χ2v) is 5.50. The molecule has 1 aliphatic carbocycles. The first-order valence-corrected chi connectivity index (χ1v) is 5.89. The second kappa shape index (κ2) is 3.59. The summed E-state index contributed by atoms with van der Waals surface area (Å²) in [4.78, 5) is 24.2. The summed E-state index contributed by atoms with van der Waals surface area (Å²) in [5.41, 5.74) is 1.24. The van der Waals surface area contributed by atoms with Crippen LogP contribution in [0.5, 0.6) is 0 Å². The molecule has 0 atom stereocenters. The molecule has 4 nitrogen and oxygen atoms in total. The highest BCUT2D eigenvalue weighted by Gasteiger charge is 2.56. The molecule has 0 amide bonds. The summed E-state index contributed by atoms with van der Waals surface area (Å²) < 4.78 is 10.4. The van der Waals surface area contributed by atoms with Crippen molar-refractivity contribution >= 4 is 11.9 Å². The predicted molar refractivity (Wildman–Crippen MR) is 60.9 cm³/mol. The fourth-order valence-electron chi connectivity index (χ4n) is 2.40. The molecular weight excluding hydrogens is 220 g/mol. The van der Waals surface area contributed by atoms with Gasteiger partial charge >= 0.3 is 11.9 Å². The van der Waals surface area contributed by atoms with E-state index in [4.69, 9.17) is 9.47 Å². The third-order valence-electron chi connectivity index (χ3n) is 3.68. The van der Waals surface area contributed by atoms with Crippen LogP contribution in [0.25, 0.3) is 0 Å². The van der Waals surface area contributed by atoms with Crippen LogP contribution in [0.2, 0.25) is 0 Å². The molecule has 2 rings (SSSR count). The van der Waals surface area contributed by atoms with Gasteiger partial charge in [0.1, 0.15) is 0 Å². The number of cyclic esters (lactones) is 2. The summed E-state index contributed by atoms with van der Waals surface area (Å²) in [6, 6.07) is 0. The smallest absolute Gasteiger partial charge is 0.327 e. The van der Waals surface area contributed by atoms with Gasteiger partial charge in [0, 0.05) is 13.8 Å². The molecular formula is C13H18O4. The molecule has 1 spiro atoms. The van der Waals surface area contributed by atoms with Gasteiger partial charge in [0.2, 0.25) is 0 Å². The van der Waals surface area contributed by atoms with Crippen LogP contribution in [-0.4, -0.2) is 17.7 Å². The molecule has 1 heterocycles. The van der Waals surface area contributed by atoms with Gasteiger partial charge in [0.15, 0.2) is 5.41 Å². The molecule has 1 fully saturated rings. The molecule has 17 heavy (non-hydrogen) atoms. The summed E-state index contributed by atoms with van der Waals surface area (Å²) in [6.07, 6.45) is 1.66. The van der Waals surface area contributed by atoms with Gasteiger partial charge in [-0.25, -0.2) is 0 Å². The Morgan fingerprint density at radius 3 is 2.00 bits per heavy atom. The van der Waals surface area contributed by atoms with Gasteiger partial charge in [-0.05, 0) is 33.1 Å². The fraction of sp³-hybridized carbons (Fsp3) is 0.692. The van der Waals surface area contributed by atoms with E-state index < -0.39 is 23.1 Å². The zero-order valence-electron chi connectivity index (χ0n) is 10.8. The number of hydrogen-bond donors (Lipinski definition) is 0. The lowest BCUT2D eigenvalue weighted by molar-refractivity contribution is -0.251. The lowest BCUT2D eigenvalue weighted by atomic mass is 9.71. The largest absolute Gasteiger partial charge is 0.422 e. The van der Waals surface area contributed by atoms with Crippen molar-refractivity contribution in [3.8, 4) is 0 Å². The van der Waals surface area contributed by atoms with Crippen molar-refractivity contribution in [2.45, 2.75) is 52.7 Å². The minimum absolute atomic E-state index is 0.423. The summed E-state index contributed by atoms with van der Waals surface area (Å²) in [6.45, 7) is 7.14. The minimum Gasteiger partial charge on any atom is -0.422 e. The standard InChI is InChI=1S/C13H18O4/c1-8-5-6-13(7-9(8)2)10(14)16-12(3,4)17-11(13)15/h5-7H2,1-4H3. The Balaban J connectivity index is 2.34. The van der Waals surface area contributed by atoms with Crippen LogP contribution in [0.1, 0.15) is 47.0 Å². The van der Waals surface area contributed by atoms with E-state index in [1.54, 1.807) is 13.8 Å². The summed E-state index contributed by atoms with van der Waals surface area (Å²) >= 11 is 0. The van der Waals surface area contributed by atoms with Crippen molar-refractivity contribution < 1.29 is 19.1 Å². The van der Waals surface area contributed by atoms with Crippen molar-refractivity contribution in [3.05, 3.63) is 11.1 Å². The van der Waals surface area contributed by atoms with E-state index >= 15 is 0 Å². The molecule has 4 heteroatoms. The average Bonchev–Trinajstić information content (AvgIpc) is 2.18. The second-order valence-electron chi connectivity index (χ2n) is 5.50. The molecule has 0 saturated carbocycles. The highest BCUT2D eigenvalue weighted by atomic mass is 16.7. The zero-order chi connectivity index (χ0) is 12.8. The molecule has 1 aliphatic heterocycles. The Labute approximate surface area is 101 Å². The van der Waals surface area contributed by atoms with E-state index in [0.717, 1.165) is 12.0 Å². The molecule has 0 bridgehead atoms. The molecule has 0 N–H and O–H groups in total. The Morgan fingerprint density at radius 1 is 1.00 bits per heavy atom. The highest BCUT2D eigenvalue weighted by Crippen LogP contribution is 2.45. The Hall–Kier alpha value is -1.32. The van der Waals surface area contributed by atoms with Gasteiger partial charge < -0.3 is 9.47 Å². The van der Waals surface area contributed by atoms with Gasteiger partial charge in [-0.15, -0.1) is 0 Å². The molecule has 2 aliphatic rings. The van der Waals surface area contributed by atoms with Gasteiger partial charge in [0.25, 0.3) is 5.79 Å². The van der Waals surface area contributed by atoms with Crippen LogP contribution in [-0.2, 0) is 19.1 Å². The highest BCUT2D eigenvalue weighted by molar-refractivity contribution is 6.02. The first-order chi connectivity index (χ1) is 7.77. The number of carbonyl (C=O) groups is 2. The van der Waals surface area contributed by atoms with E-state index in [0.29, 0.717) is 12.8 Å². The van der Waals surface area contributed by atoms with E-state index in [1.165, 1.54) is 5.57 Å². The molecule has 0 aromatic rings. The van der Waals surface area contributed by atoms with Crippen LogP contribution in [0.3, 0.4) is 0 Å². The van der Waals surface area contributed by atoms with Gasteiger partial charge in [-0.3, -0.25) is 9.59 Å². The van der Waals surface area contributed by atoms with Crippen LogP contribution in [0, 0.1) is 5.41 Å². The predicted octanol–water partition coefficient (Wildman–Crippen LogP) is 2.33. The van der Waals surface area contributed by atoms with Gasteiger partial charge in [-0.2, -0.15) is 0 Å². The quantitative estimate of drug-likeness (QED) is 0.369. The molecule has 0 radical (unpaired) electrons. The lowest BCUT2D eigenvalue weighted by Crippen LogP contribution is -2.54. The summed E-state index contributed by atoms with van der Waals surface area (Å²) in [5, 5.41) is 0. The van der Waals surface area contributed by atoms with E-state index in [9.17, 15) is 9.59 Å². The molecule has 0 unspecified atom stereocenters. The summed E-state index contributed by atoms with van der Waals surface area (Å²) in [7, 11) is 0. The van der Waals surface area contributed by atoms with Crippen LogP contribution < -0.4 is 0 Å². The monoisotopic (exact) mass is 238 g/mol. The third kappa shape index (κ3) is 1.85. The third-order valence-corrected chi connectivity index (χ3v) is 3.68. The Bertz CT molecular complexity index is 397. The van der Waals surface area contributed by atoms with Gasteiger partial charge in [-0.1, -0.05) is 11.1 Å². The Kier molecular flexibility index (Phi) is 2.56. The van der Waals surface area contributed by atoms with Crippen LogP contribution >= 0.6 is 0 Å². The first-order valence-electron chi connectivity index (χ1n) is 5.89. The fourth-order valence-corrected chi connectivity index (χ4v) is 2.40. The van der Waals surface area contributed by atoms with E-state index in [2.05, 4.69) is 0 Å². The molecule has 0 aromatic carbocycles. The maximum Gasteiger partial charge on any atom is 0.327 e. The first kappa shape index (κ1) is 12.1. The van der Waals surface area contributed by atoms with Crippen LogP contribution in [0.15, 0.2) is 11.1 Å². The molecule has 94 valence electrons. The number of rotatable bonds is 0. The SMILES string of the molecule is CC1=C(C)CC2(CC1)C(=O)OC(C)(C)OC2=O. The lowest BCUT2D eigenvalue weighted by Gasteiger charge is -2.42. The Morgan fingerprint density at radius 2 is 1.53 bits per heavy atom. The number of ether oxygens (including phenoxy) is 2. The van der Waals surface area contributed by atoms with Crippen molar-refractivity contribution in [2.75, 3.05) is 0 Å². The minimum atomic E-state index is -1.14. The maximum atomic E-state index is 12.1. The average molecular weight is 238 g/mol. The number of allylic oxidation sites excluding steroid dienone is 2. The summed E-state index contributed by atoms with van der Waals surface area (Å²) in [5.74, 6) is -2.01. The van der Waals surface area contributed by atoms with Crippen molar-refractivity contribution in [1.29, 1.82) is 0 Å². The van der Waals surface area contributed by atoms with Crippen molar-refractivity contribution in [1.82, 2.24) is 0 Å².